The summed E-state index contributed by atoms with van der Waals surface area (Å²) in [5.41, 5.74) is 0. The summed E-state index contributed by atoms with van der Waals surface area (Å²) in [6.45, 7) is 10.9. The van der Waals surface area contributed by atoms with Crippen molar-refractivity contribution in [2.75, 3.05) is 79.5 Å². The average molecular weight is 485 g/mol. The van der Waals surface area contributed by atoms with Gasteiger partial charge in [-0.15, -0.1) is 0 Å². The first-order valence-corrected chi connectivity index (χ1v) is 14.0. The van der Waals surface area contributed by atoms with Crippen LogP contribution in [-0.4, -0.2) is 91.6 Å². The summed E-state index contributed by atoms with van der Waals surface area (Å²) >= 11 is 0.00694. The Kier molecular flexibility index (Phi) is 24.8. The Balaban J connectivity index is 0.00000227. The molecule has 28 heavy (non-hydrogen) atoms. The first-order chi connectivity index (χ1) is 13.8. The molecule has 10 heteroatoms. The van der Waals surface area contributed by atoms with E-state index in [2.05, 4.69) is 51.3 Å². The van der Waals surface area contributed by atoms with Crippen LogP contribution in [0.2, 0.25) is 0 Å². The van der Waals surface area contributed by atoms with Crippen LogP contribution in [0.4, 0.5) is 0 Å². The summed E-state index contributed by atoms with van der Waals surface area (Å²) < 4.78 is 0. The van der Waals surface area contributed by atoms with Crippen LogP contribution < -0.4 is 37.2 Å². The monoisotopic (exact) mass is 484 g/mol. The Morgan fingerprint density at radius 2 is 1.18 bits per heavy atom. The van der Waals surface area contributed by atoms with Crippen molar-refractivity contribution in [1.29, 1.82) is 0 Å². The summed E-state index contributed by atoms with van der Waals surface area (Å²) in [6.07, 6.45) is 5.06. The fraction of sp³-hybridized carbons (Fsp3) is 1.00. The Morgan fingerprint density at radius 3 is 1.71 bits per heavy atom. The molecular formula is C18H45Cl2MnN7+2. The van der Waals surface area contributed by atoms with E-state index >= 15 is 0 Å². The van der Waals surface area contributed by atoms with Gasteiger partial charge in [0, 0.05) is 64.4 Å². The van der Waals surface area contributed by atoms with Crippen LogP contribution in [0.5, 0.6) is 0 Å². The van der Waals surface area contributed by atoms with Crippen molar-refractivity contribution in [3.63, 3.8) is 0 Å². The van der Waals surface area contributed by atoms with Crippen molar-refractivity contribution in [2.45, 2.75) is 37.8 Å². The zero-order valence-corrected chi connectivity index (χ0v) is 20.5. The van der Waals surface area contributed by atoms with Crippen LogP contribution in [0.15, 0.2) is 0 Å². The van der Waals surface area contributed by atoms with Crippen molar-refractivity contribution >= 4 is 20.2 Å². The van der Waals surface area contributed by atoms with Crippen molar-refractivity contribution in [3.05, 3.63) is 0 Å². The van der Waals surface area contributed by atoms with Crippen LogP contribution in [0.3, 0.4) is 0 Å². The molecular weight excluding hydrogens is 440 g/mol. The maximum atomic E-state index is 4.80. The minimum absolute atomic E-state index is 0.00694. The number of nitrogens with two attached hydrogens (primary N) is 2. The first-order valence-electron chi connectivity index (χ1n) is 10.8. The van der Waals surface area contributed by atoms with Gasteiger partial charge in [-0.05, 0) is 25.7 Å². The van der Waals surface area contributed by atoms with Gasteiger partial charge in [0.05, 0.1) is 27.2 Å². The van der Waals surface area contributed by atoms with E-state index in [1.54, 1.807) is 0 Å². The standard InChI is InChI=1S/C18H43N7.2ClH.Mn/c1-19-7-3-5-17-15-23-12-11-21-9-10-22-13-14-24-18(16-25-17)6-4-8-20-2;;;/h17-25H,3-16H2,1-2H3;2*1H;/q;;;+2/t17-,18+;;;/m0.../s1. The molecule has 0 amide bonds. The third-order valence-electron chi connectivity index (χ3n) is 4.83. The zero-order chi connectivity index (χ0) is 20.7. The van der Waals surface area contributed by atoms with E-state index < -0.39 is 0 Å². The molecule has 0 aromatic heterocycles. The van der Waals surface area contributed by atoms with Gasteiger partial charge in [-0.25, -0.2) is 0 Å². The Hall–Kier alpha value is 0.819. The van der Waals surface area contributed by atoms with Crippen LogP contribution in [0.1, 0.15) is 25.7 Å². The molecule has 1 aliphatic rings. The minimum atomic E-state index is 0.00694. The summed E-state index contributed by atoms with van der Waals surface area (Å²) in [4.78, 5) is 0. The predicted octanol–water partition coefficient (Wildman–Crippen LogP) is -1.99. The van der Waals surface area contributed by atoms with Gasteiger partial charge in [-0.1, -0.05) is 0 Å². The number of hydrogen-bond acceptors (Lipinski definition) is 5. The number of hydrogen-bond donors (Lipinski definition) is 7. The first kappa shape index (κ1) is 28.8. The van der Waals surface area contributed by atoms with E-state index in [9.17, 15) is 0 Å². The molecule has 1 rings (SSSR count). The van der Waals surface area contributed by atoms with Gasteiger partial charge in [-0.2, -0.15) is 0 Å². The van der Waals surface area contributed by atoms with Gasteiger partial charge in [0.1, 0.15) is 0 Å². The quantitative estimate of drug-likeness (QED) is 0.160. The molecule has 7 nitrogen and oxygen atoms in total. The molecule has 1 heterocycles. The van der Waals surface area contributed by atoms with Gasteiger partial charge in [0.25, 0.3) is 0 Å². The molecule has 0 spiro atoms. The van der Waals surface area contributed by atoms with E-state index in [0.717, 1.165) is 52.4 Å². The molecule has 171 valence electrons. The topological polar surface area (TPSA) is 93.4 Å². The molecule has 9 N–H and O–H groups in total. The fourth-order valence-corrected chi connectivity index (χ4v) is 3.24. The molecule has 1 saturated heterocycles. The third kappa shape index (κ3) is 20.1. The molecule has 0 aromatic rings. The van der Waals surface area contributed by atoms with Gasteiger partial charge >= 0.3 is 33.3 Å². The van der Waals surface area contributed by atoms with E-state index in [1.165, 1.54) is 38.8 Å². The number of nitrogens with one attached hydrogen (secondary N) is 5. The van der Waals surface area contributed by atoms with E-state index in [1.807, 2.05) is 0 Å². The second kappa shape index (κ2) is 24.1. The predicted molar refractivity (Wildman–Crippen MR) is 118 cm³/mol. The van der Waals surface area contributed by atoms with Crippen molar-refractivity contribution < 1.29 is 23.8 Å². The third-order valence-corrected chi connectivity index (χ3v) is 4.83. The van der Waals surface area contributed by atoms with Crippen molar-refractivity contribution in [2.24, 2.45) is 0 Å². The van der Waals surface area contributed by atoms with Gasteiger partial charge in [0.15, 0.2) is 0 Å². The van der Waals surface area contributed by atoms with E-state index in [4.69, 9.17) is 20.2 Å². The van der Waals surface area contributed by atoms with Crippen LogP contribution in [0, 0.1) is 0 Å². The molecule has 1 fully saturated rings. The summed E-state index contributed by atoms with van der Waals surface area (Å²) in [6, 6.07) is 1.15. The van der Waals surface area contributed by atoms with Crippen LogP contribution in [0.25, 0.3) is 0 Å². The van der Waals surface area contributed by atoms with Crippen molar-refractivity contribution in [1.82, 2.24) is 26.6 Å². The molecule has 2 atom stereocenters. The summed E-state index contributed by atoms with van der Waals surface area (Å²) in [7, 11) is 13.9. The van der Waals surface area contributed by atoms with Crippen LogP contribution >= 0.6 is 20.2 Å². The van der Waals surface area contributed by atoms with E-state index in [-0.39, 0.29) is 13.1 Å². The van der Waals surface area contributed by atoms with Crippen LogP contribution in [-0.2, 0) is 13.1 Å². The SMILES string of the molecule is C[NH2+]CCC[C@@H]1CN[C@@H](CCC[NH2+]C)CNCCNCCNCCN1.[Cl][Mn][Cl]. The Morgan fingerprint density at radius 1 is 0.714 bits per heavy atom. The van der Waals surface area contributed by atoms with Gasteiger partial charge < -0.3 is 37.2 Å². The summed E-state index contributed by atoms with van der Waals surface area (Å²) in [5.74, 6) is 0. The number of rotatable bonds is 8. The zero-order valence-electron chi connectivity index (χ0n) is 17.8. The second-order valence-electron chi connectivity index (χ2n) is 7.19. The normalized spacial score (nSPS) is 23.1. The maximum absolute atomic E-state index is 4.80. The fourth-order valence-electron chi connectivity index (χ4n) is 3.24. The molecule has 0 aliphatic carbocycles. The van der Waals surface area contributed by atoms with E-state index in [0.29, 0.717) is 12.1 Å². The average Bonchev–Trinajstić information content (AvgIpc) is 2.70. The summed E-state index contributed by atoms with van der Waals surface area (Å²) in [5, 5.41) is 22.8. The molecule has 0 saturated carbocycles. The molecule has 1 aliphatic heterocycles. The van der Waals surface area contributed by atoms with Gasteiger partial charge in [0.2, 0.25) is 0 Å². The molecule has 0 unspecified atom stereocenters. The number of quaternary nitrogens is 2. The molecule has 0 aromatic carbocycles. The Bertz CT molecular complexity index is 281. The van der Waals surface area contributed by atoms with Gasteiger partial charge in [-0.3, -0.25) is 0 Å². The molecule has 0 radical (unpaired) electrons. The number of halogens is 2. The van der Waals surface area contributed by atoms with Crippen molar-refractivity contribution in [3.8, 4) is 0 Å². The molecule has 0 bridgehead atoms. The Labute approximate surface area is 187 Å². The second-order valence-corrected chi connectivity index (χ2v) is 9.14.